The highest BCUT2D eigenvalue weighted by Gasteiger charge is 2.56. The third-order valence-electron chi connectivity index (χ3n) is 3.15. The maximum absolute atomic E-state index is 12.8. The number of azide groups is 1. The maximum atomic E-state index is 12.8. The third kappa shape index (κ3) is 3.24. The predicted octanol–water partition coefficient (Wildman–Crippen LogP) is 2.34. The molecule has 0 unspecified atom stereocenters. The van der Waals surface area contributed by atoms with E-state index in [2.05, 4.69) is 14.8 Å². The highest BCUT2D eigenvalue weighted by Crippen LogP contribution is 2.40. The van der Waals surface area contributed by atoms with Gasteiger partial charge in [-0.15, -0.1) is 0 Å². The average molecular weight is 252 g/mol. The van der Waals surface area contributed by atoms with Crippen LogP contribution in [0.5, 0.6) is 0 Å². The lowest BCUT2D eigenvalue weighted by Gasteiger charge is -2.41. The van der Waals surface area contributed by atoms with Crippen molar-refractivity contribution in [3.63, 3.8) is 0 Å². The van der Waals surface area contributed by atoms with Crippen LogP contribution in [0.1, 0.15) is 12.8 Å². The van der Waals surface area contributed by atoms with Crippen molar-refractivity contribution in [2.45, 2.75) is 24.6 Å². The molecule has 1 fully saturated rings. The van der Waals surface area contributed by atoms with Gasteiger partial charge in [0.25, 0.3) is 0 Å². The Balaban J connectivity index is 2.51. The quantitative estimate of drug-likeness (QED) is 0.438. The number of ether oxygens (including phenoxy) is 1. The molecule has 0 bridgehead atoms. The van der Waals surface area contributed by atoms with Crippen LogP contribution in [-0.2, 0) is 4.74 Å². The summed E-state index contributed by atoms with van der Waals surface area (Å²) in [5.74, 6) is 0. The van der Waals surface area contributed by atoms with Crippen LogP contribution >= 0.6 is 0 Å². The Labute approximate surface area is 97.2 Å². The van der Waals surface area contributed by atoms with Crippen molar-refractivity contribution in [3.8, 4) is 0 Å². The number of alkyl halides is 3. The Hall–Kier alpha value is -0.980. The first-order valence-electron chi connectivity index (χ1n) is 5.30. The minimum absolute atomic E-state index is 0.0801. The lowest BCUT2D eigenvalue weighted by atomic mass is 9.90. The van der Waals surface area contributed by atoms with Gasteiger partial charge in [0.2, 0.25) is 0 Å². The smallest absolute Gasteiger partial charge is 0.369 e. The van der Waals surface area contributed by atoms with Crippen molar-refractivity contribution in [1.29, 1.82) is 0 Å². The Morgan fingerprint density at radius 2 is 2.00 bits per heavy atom. The molecule has 0 saturated carbocycles. The fraction of sp³-hybridized carbons (Fsp3) is 1.00. The van der Waals surface area contributed by atoms with E-state index in [9.17, 15) is 13.2 Å². The monoisotopic (exact) mass is 252 g/mol. The number of methoxy groups -OCH3 is 1. The molecular formula is C9H15F3N4O. The molecule has 0 radical (unpaired) electrons. The van der Waals surface area contributed by atoms with Crippen LogP contribution in [-0.4, -0.2) is 50.0 Å². The molecule has 5 nitrogen and oxygen atoms in total. The number of hydrogen-bond donors (Lipinski definition) is 0. The largest absolute Gasteiger partial charge is 0.417 e. The predicted molar refractivity (Wildman–Crippen MR) is 55.5 cm³/mol. The van der Waals surface area contributed by atoms with Gasteiger partial charge in [-0.2, -0.15) is 13.2 Å². The summed E-state index contributed by atoms with van der Waals surface area (Å²) in [6.07, 6.45) is -4.49. The summed E-state index contributed by atoms with van der Waals surface area (Å²) in [6.45, 7) is 1.37. The molecule has 0 spiro atoms. The Morgan fingerprint density at radius 3 is 2.41 bits per heavy atom. The summed E-state index contributed by atoms with van der Waals surface area (Å²) in [5, 5.41) is 3.36. The van der Waals surface area contributed by atoms with E-state index in [0.717, 1.165) is 7.11 Å². The zero-order valence-corrected chi connectivity index (χ0v) is 9.57. The van der Waals surface area contributed by atoms with E-state index in [1.165, 1.54) is 0 Å². The van der Waals surface area contributed by atoms with E-state index in [-0.39, 0.29) is 19.4 Å². The second-order valence-electron chi connectivity index (χ2n) is 3.99. The summed E-state index contributed by atoms with van der Waals surface area (Å²) in [5.41, 5.74) is 6.08. The molecule has 0 aromatic heterocycles. The SMILES string of the molecule is COC1(C(F)(F)F)CCN(CCN=[N+]=[N-])CC1. The van der Waals surface area contributed by atoms with Gasteiger partial charge in [-0.3, -0.25) is 0 Å². The van der Waals surface area contributed by atoms with Gasteiger partial charge in [0.1, 0.15) is 0 Å². The van der Waals surface area contributed by atoms with Crippen molar-refractivity contribution in [1.82, 2.24) is 4.90 Å². The zero-order valence-electron chi connectivity index (χ0n) is 9.57. The van der Waals surface area contributed by atoms with Crippen molar-refractivity contribution < 1.29 is 17.9 Å². The third-order valence-corrected chi connectivity index (χ3v) is 3.15. The first-order valence-corrected chi connectivity index (χ1v) is 5.30. The topological polar surface area (TPSA) is 61.2 Å². The highest BCUT2D eigenvalue weighted by atomic mass is 19.4. The van der Waals surface area contributed by atoms with Crippen molar-refractivity contribution >= 4 is 0 Å². The number of likely N-dealkylation sites (tertiary alicyclic amines) is 1. The van der Waals surface area contributed by atoms with E-state index in [4.69, 9.17) is 5.53 Å². The molecule has 1 aliphatic rings. The number of halogens is 3. The van der Waals surface area contributed by atoms with Gasteiger partial charge >= 0.3 is 6.18 Å². The maximum Gasteiger partial charge on any atom is 0.417 e. The van der Waals surface area contributed by atoms with Crippen LogP contribution < -0.4 is 0 Å². The number of hydrogen-bond acceptors (Lipinski definition) is 3. The lowest BCUT2D eigenvalue weighted by molar-refractivity contribution is -0.282. The number of piperidine rings is 1. The first-order chi connectivity index (χ1) is 7.95. The molecular weight excluding hydrogens is 237 g/mol. The molecule has 0 atom stereocenters. The first kappa shape index (κ1) is 14.1. The molecule has 0 aromatic rings. The van der Waals surface area contributed by atoms with Gasteiger partial charge in [-0.1, -0.05) is 5.11 Å². The van der Waals surface area contributed by atoms with Crippen LogP contribution in [0.4, 0.5) is 13.2 Å². The molecule has 98 valence electrons. The van der Waals surface area contributed by atoms with Crippen LogP contribution in [0.15, 0.2) is 5.11 Å². The second-order valence-corrected chi connectivity index (χ2v) is 3.99. The van der Waals surface area contributed by atoms with E-state index in [1.807, 2.05) is 4.90 Å². The molecule has 0 aromatic carbocycles. The van der Waals surface area contributed by atoms with Crippen LogP contribution in [0, 0.1) is 0 Å². The fourth-order valence-electron chi connectivity index (χ4n) is 1.97. The van der Waals surface area contributed by atoms with Gasteiger partial charge in [0.05, 0.1) is 0 Å². The molecule has 1 rings (SSSR count). The molecule has 1 aliphatic heterocycles. The molecule has 1 heterocycles. The van der Waals surface area contributed by atoms with Gasteiger partial charge in [-0.05, 0) is 18.4 Å². The van der Waals surface area contributed by atoms with Gasteiger partial charge in [0.15, 0.2) is 5.60 Å². The minimum Gasteiger partial charge on any atom is -0.369 e. The molecule has 0 N–H and O–H groups in total. The summed E-state index contributed by atoms with van der Waals surface area (Å²) >= 11 is 0. The summed E-state index contributed by atoms with van der Waals surface area (Å²) in [7, 11) is 1.10. The summed E-state index contributed by atoms with van der Waals surface area (Å²) in [4.78, 5) is 4.44. The van der Waals surface area contributed by atoms with E-state index in [0.29, 0.717) is 19.6 Å². The van der Waals surface area contributed by atoms with Gasteiger partial charge in [0, 0.05) is 38.2 Å². The summed E-state index contributed by atoms with van der Waals surface area (Å²) < 4.78 is 43.1. The van der Waals surface area contributed by atoms with Gasteiger partial charge < -0.3 is 9.64 Å². The van der Waals surface area contributed by atoms with Crippen LogP contribution in [0.25, 0.3) is 10.4 Å². The highest BCUT2D eigenvalue weighted by molar-refractivity contribution is 4.93. The molecule has 17 heavy (non-hydrogen) atoms. The second kappa shape index (κ2) is 5.57. The van der Waals surface area contributed by atoms with Gasteiger partial charge in [-0.25, -0.2) is 0 Å². The molecule has 8 heteroatoms. The standard InChI is InChI=1S/C9H15F3N4O/c1-17-8(9(10,11)12)2-5-16(6-3-8)7-4-14-15-13/h2-7H2,1H3. The average Bonchev–Trinajstić information content (AvgIpc) is 2.29. The fourth-order valence-corrected chi connectivity index (χ4v) is 1.97. The Bertz CT molecular complexity index is 293. The van der Waals surface area contributed by atoms with Crippen molar-refractivity contribution in [2.75, 3.05) is 33.3 Å². The van der Waals surface area contributed by atoms with E-state index >= 15 is 0 Å². The van der Waals surface area contributed by atoms with E-state index < -0.39 is 11.8 Å². The minimum atomic E-state index is -4.33. The van der Waals surface area contributed by atoms with Crippen molar-refractivity contribution in [2.24, 2.45) is 5.11 Å². The lowest BCUT2D eigenvalue weighted by Crippen LogP contribution is -2.54. The molecule has 1 saturated heterocycles. The zero-order chi connectivity index (χ0) is 12.9. The number of nitrogens with zero attached hydrogens (tertiary/aromatic N) is 4. The molecule has 0 amide bonds. The normalized spacial score (nSPS) is 20.9. The van der Waals surface area contributed by atoms with Crippen LogP contribution in [0.3, 0.4) is 0 Å². The van der Waals surface area contributed by atoms with Crippen LogP contribution in [0.2, 0.25) is 0 Å². The summed E-state index contributed by atoms with van der Waals surface area (Å²) in [6, 6.07) is 0. The van der Waals surface area contributed by atoms with E-state index in [1.54, 1.807) is 0 Å². The van der Waals surface area contributed by atoms with Crippen molar-refractivity contribution in [3.05, 3.63) is 10.4 Å². The number of rotatable bonds is 4. The Kier molecular flexibility index (Phi) is 4.62. The molecule has 0 aliphatic carbocycles. The Morgan fingerprint density at radius 1 is 1.41 bits per heavy atom.